The molecule has 0 spiro atoms. The topological polar surface area (TPSA) is 20.2 Å². The summed E-state index contributed by atoms with van der Waals surface area (Å²) in [5.74, 6) is 0.746. The van der Waals surface area contributed by atoms with Gasteiger partial charge in [0, 0.05) is 0 Å². The molecule has 0 aromatic rings. The lowest BCUT2D eigenvalue weighted by molar-refractivity contribution is -0.294. The van der Waals surface area contributed by atoms with Gasteiger partial charge >= 0.3 is 6.18 Å². The molecular formula is C28H39F3O. The molecular weight excluding hydrogens is 409 g/mol. The van der Waals surface area contributed by atoms with Gasteiger partial charge in [0.1, 0.15) is 0 Å². The molecule has 4 saturated carbocycles. The zero-order valence-corrected chi connectivity index (χ0v) is 19.7. The molecule has 4 aliphatic carbocycles. The first-order chi connectivity index (χ1) is 14.8. The Balaban J connectivity index is 1.81. The maximum absolute atomic E-state index is 13.8. The van der Waals surface area contributed by atoms with E-state index in [9.17, 15) is 18.3 Å². The van der Waals surface area contributed by atoms with Crippen LogP contribution in [0, 0.1) is 39.4 Å². The van der Waals surface area contributed by atoms with Crippen molar-refractivity contribution in [3.05, 3.63) is 50.1 Å². The summed E-state index contributed by atoms with van der Waals surface area (Å²) in [6.07, 6.45) is 6.69. The molecule has 4 fully saturated rings. The fraction of sp³-hybridized carbons (Fsp3) is 0.714. The van der Waals surface area contributed by atoms with Gasteiger partial charge < -0.3 is 5.11 Å². The second-order valence-corrected chi connectivity index (χ2v) is 11.7. The van der Waals surface area contributed by atoms with Crippen LogP contribution in [0.15, 0.2) is 50.1 Å². The third kappa shape index (κ3) is 2.68. The average molecular weight is 449 g/mol. The average Bonchev–Trinajstić information content (AvgIpc) is 3.05. The van der Waals surface area contributed by atoms with Crippen molar-refractivity contribution in [2.45, 2.75) is 83.4 Å². The maximum Gasteiger partial charge on any atom is 0.417 e. The van der Waals surface area contributed by atoms with Crippen LogP contribution < -0.4 is 0 Å². The third-order valence-corrected chi connectivity index (χ3v) is 11.0. The molecule has 4 heteroatoms. The summed E-state index contributed by atoms with van der Waals surface area (Å²) < 4.78 is 41.5. The molecule has 0 saturated heterocycles. The standard InChI is InChI=1S/C28H39F3O/c1-7-24-13-11-22-25(8-2,21(24)12-15-27(32,18-24)28(29,30)31)17-16-23(6)20(19(4)5)10-14-26(22,23)9-3/h7-9,20-22,32H,1-4,10-18H2,5-6H3/t20-,21+,22-,23-,24-,25-,26+,27-/m1/s1. The Hall–Kier alpha value is -1.29. The van der Waals surface area contributed by atoms with Gasteiger partial charge in [-0.25, -0.2) is 0 Å². The van der Waals surface area contributed by atoms with E-state index in [0.717, 1.165) is 32.1 Å². The van der Waals surface area contributed by atoms with Crippen LogP contribution in [-0.2, 0) is 0 Å². The van der Waals surface area contributed by atoms with Crippen LogP contribution in [0.2, 0.25) is 0 Å². The number of halogens is 3. The van der Waals surface area contributed by atoms with Crippen LogP contribution in [-0.4, -0.2) is 16.9 Å². The molecule has 0 aromatic carbocycles. The predicted octanol–water partition coefficient (Wildman–Crippen LogP) is 7.79. The highest BCUT2D eigenvalue weighted by molar-refractivity contribution is 5.30. The normalized spacial score (nSPS) is 50.5. The van der Waals surface area contributed by atoms with E-state index >= 15 is 0 Å². The quantitative estimate of drug-likeness (QED) is 0.435. The predicted molar refractivity (Wildman–Crippen MR) is 124 cm³/mol. The second-order valence-electron chi connectivity index (χ2n) is 11.7. The Bertz CT molecular complexity index is 844. The van der Waals surface area contributed by atoms with E-state index in [1.807, 2.05) is 0 Å². The van der Waals surface area contributed by atoms with Crippen molar-refractivity contribution in [1.29, 1.82) is 0 Å². The molecule has 1 nitrogen and oxygen atoms in total. The largest absolute Gasteiger partial charge is 0.417 e. The number of rotatable bonds is 4. The first-order valence-corrected chi connectivity index (χ1v) is 12.2. The van der Waals surface area contributed by atoms with Crippen molar-refractivity contribution in [3.63, 3.8) is 0 Å². The van der Waals surface area contributed by atoms with Crippen LogP contribution >= 0.6 is 0 Å². The summed E-state index contributed by atoms with van der Waals surface area (Å²) in [7, 11) is 0. The van der Waals surface area contributed by atoms with Gasteiger partial charge in [-0.2, -0.15) is 13.2 Å². The van der Waals surface area contributed by atoms with E-state index in [4.69, 9.17) is 0 Å². The van der Waals surface area contributed by atoms with Crippen molar-refractivity contribution in [2.24, 2.45) is 39.4 Å². The first kappa shape index (κ1) is 23.9. The number of alkyl halides is 3. The van der Waals surface area contributed by atoms with Crippen LogP contribution in [0.3, 0.4) is 0 Å². The Morgan fingerprint density at radius 2 is 1.56 bits per heavy atom. The van der Waals surface area contributed by atoms with Crippen LogP contribution in [0.1, 0.15) is 71.6 Å². The molecule has 0 aromatic heterocycles. The smallest absolute Gasteiger partial charge is 0.380 e. The second kappa shape index (κ2) is 7.10. The summed E-state index contributed by atoms with van der Waals surface area (Å²) in [5.41, 5.74) is -2.41. The minimum Gasteiger partial charge on any atom is -0.380 e. The van der Waals surface area contributed by atoms with E-state index in [2.05, 4.69) is 52.3 Å². The molecule has 0 heterocycles. The molecule has 32 heavy (non-hydrogen) atoms. The minimum atomic E-state index is -4.63. The lowest BCUT2D eigenvalue weighted by Gasteiger charge is -2.69. The van der Waals surface area contributed by atoms with Crippen LogP contribution in [0.4, 0.5) is 13.2 Å². The van der Waals surface area contributed by atoms with Gasteiger partial charge in [-0.3, -0.25) is 0 Å². The monoisotopic (exact) mass is 448 g/mol. The third-order valence-electron chi connectivity index (χ3n) is 11.0. The highest BCUT2D eigenvalue weighted by atomic mass is 19.4. The molecule has 4 rings (SSSR count). The number of hydrogen-bond donors (Lipinski definition) is 1. The van der Waals surface area contributed by atoms with E-state index in [-0.39, 0.29) is 35.0 Å². The number of fused-ring (bicyclic) bond motifs is 5. The van der Waals surface area contributed by atoms with Crippen molar-refractivity contribution in [1.82, 2.24) is 0 Å². The fourth-order valence-corrected chi connectivity index (χ4v) is 9.48. The number of hydrogen-bond acceptors (Lipinski definition) is 1. The SMILES string of the molecule is C=C[C@]12CC[C@@H]3[C@](C=C)(CC[C@]4(C)[C@@H](C(=C)C)CC[C@@]34C=C)[C@H]1CC[C@](O)(C(F)(F)F)C2. The number of aliphatic hydroxyl groups is 1. The minimum absolute atomic E-state index is 0.0108. The highest BCUT2D eigenvalue weighted by Crippen LogP contribution is 2.77. The van der Waals surface area contributed by atoms with Crippen LogP contribution in [0.5, 0.6) is 0 Å². The molecule has 1 N–H and O–H groups in total. The van der Waals surface area contributed by atoms with Crippen molar-refractivity contribution >= 4 is 0 Å². The first-order valence-electron chi connectivity index (χ1n) is 12.2. The van der Waals surface area contributed by atoms with E-state index in [1.54, 1.807) is 6.08 Å². The van der Waals surface area contributed by atoms with E-state index in [1.165, 1.54) is 5.57 Å². The van der Waals surface area contributed by atoms with Gasteiger partial charge in [-0.1, -0.05) is 37.3 Å². The van der Waals surface area contributed by atoms with Gasteiger partial charge in [0.15, 0.2) is 5.60 Å². The van der Waals surface area contributed by atoms with Crippen LogP contribution in [0.25, 0.3) is 0 Å². The van der Waals surface area contributed by atoms with Gasteiger partial charge in [-0.05, 0) is 104 Å². The summed E-state index contributed by atoms with van der Waals surface area (Å²) >= 11 is 0. The summed E-state index contributed by atoms with van der Waals surface area (Å²) in [5, 5.41) is 10.7. The van der Waals surface area contributed by atoms with Gasteiger partial charge in [0.25, 0.3) is 0 Å². The zero-order valence-electron chi connectivity index (χ0n) is 19.7. The molecule has 0 aliphatic heterocycles. The van der Waals surface area contributed by atoms with Gasteiger partial charge in [-0.15, -0.1) is 19.7 Å². The lowest BCUT2D eigenvalue weighted by atomic mass is 9.35. The Labute approximate surface area is 191 Å². The number of allylic oxidation sites excluding steroid dienone is 4. The maximum atomic E-state index is 13.8. The molecule has 0 unspecified atom stereocenters. The fourth-order valence-electron chi connectivity index (χ4n) is 9.48. The van der Waals surface area contributed by atoms with Gasteiger partial charge in [0.2, 0.25) is 0 Å². The Morgan fingerprint density at radius 1 is 0.906 bits per heavy atom. The molecule has 4 aliphatic rings. The molecule has 0 radical (unpaired) electrons. The zero-order chi connectivity index (χ0) is 23.8. The molecule has 178 valence electrons. The van der Waals surface area contributed by atoms with Crippen molar-refractivity contribution in [2.75, 3.05) is 0 Å². The lowest BCUT2D eigenvalue weighted by Crippen LogP contribution is -2.64. The van der Waals surface area contributed by atoms with E-state index < -0.39 is 17.2 Å². The van der Waals surface area contributed by atoms with Crippen molar-refractivity contribution < 1.29 is 18.3 Å². The summed E-state index contributed by atoms with van der Waals surface area (Å²) in [6.45, 7) is 21.5. The molecule has 0 amide bonds. The van der Waals surface area contributed by atoms with E-state index in [0.29, 0.717) is 24.7 Å². The van der Waals surface area contributed by atoms with Gasteiger partial charge in [0.05, 0.1) is 0 Å². The Morgan fingerprint density at radius 3 is 2.09 bits per heavy atom. The summed E-state index contributed by atoms with van der Waals surface area (Å²) in [4.78, 5) is 0. The molecule has 8 atom stereocenters. The summed E-state index contributed by atoms with van der Waals surface area (Å²) in [6, 6.07) is 0. The Kier molecular flexibility index (Phi) is 5.30. The molecule has 0 bridgehead atoms. The van der Waals surface area contributed by atoms with Crippen molar-refractivity contribution in [3.8, 4) is 0 Å². The highest BCUT2D eigenvalue weighted by Gasteiger charge is 2.72.